The number of rotatable bonds is 6. The lowest BCUT2D eigenvalue weighted by Gasteiger charge is -2.10. The third-order valence-corrected chi connectivity index (χ3v) is 2.20. The van der Waals surface area contributed by atoms with Crippen LogP contribution in [0.25, 0.3) is 0 Å². The van der Waals surface area contributed by atoms with Gasteiger partial charge in [0.15, 0.2) is 0 Å². The fourth-order valence-corrected chi connectivity index (χ4v) is 1.34. The second-order valence-electron chi connectivity index (χ2n) is 3.49. The molecule has 0 heterocycles. The maximum Gasteiger partial charge on any atom is 0.121 e. The van der Waals surface area contributed by atoms with Crippen LogP contribution in [-0.2, 0) is 11.2 Å². The molecule has 0 amide bonds. The maximum atomic E-state index is 10.2. The Hall–Kier alpha value is -1.15. The zero-order chi connectivity index (χ0) is 10.2. The lowest BCUT2D eigenvalue weighted by atomic mass is 10.1. The smallest absolute Gasteiger partial charge is 0.121 e. The van der Waals surface area contributed by atoms with Crippen LogP contribution in [0.15, 0.2) is 30.3 Å². The largest absolute Gasteiger partial charge is 0.313 e. The Morgan fingerprint density at radius 2 is 2.07 bits per heavy atom. The van der Waals surface area contributed by atoms with Gasteiger partial charge in [-0.1, -0.05) is 30.3 Å². The first-order valence-corrected chi connectivity index (χ1v) is 5.04. The molecule has 0 spiro atoms. The van der Waals surface area contributed by atoms with Crippen molar-refractivity contribution in [3.8, 4) is 0 Å². The van der Waals surface area contributed by atoms with E-state index in [-0.39, 0.29) is 6.04 Å². The lowest BCUT2D eigenvalue weighted by molar-refractivity contribution is -0.108. The Balaban J connectivity index is 2.18. The van der Waals surface area contributed by atoms with Gasteiger partial charge in [0.05, 0.1) is 0 Å². The third kappa shape index (κ3) is 4.19. The van der Waals surface area contributed by atoms with E-state index < -0.39 is 0 Å². The van der Waals surface area contributed by atoms with Crippen LogP contribution in [-0.4, -0.2) is 18.9 Å². The molecular formula is C12H17NO. The Kier molecular flexibility index (Phi) is 4.94. The minimum Gasteiger partial charge on any atom is -0.313 e. The minimum absolute atomic E-state index is 0.288. The Morgan fingerprint density at radius 1 is 1.36 bits per heavy atom. The van der Waals surface area contributed by atoms with E-state index in [2.05, 4.69) is 17.4 Å². The van der Waals surface area contributed by atoms with Crippen LogP contribution < -0.4 is 5.32 Å². The average molecular weight is 191 g/mol. The van der Waals surface area contributed by atoms with Crippen molar-refractivity contribution in [1.82, 2.24) is 5.32 Å². The molecule has 0 aliphatic heterocycles. The molecule has 1 N–H and O–H groups in total. The summed E-state index contributed by atoms with van der Waals surface area (Å²) in [6, 6.07) is 10.6. The Morgan fingerprint density at radius 3 is 2.71 bits per heavy atom. The van der Waals surface area contributed by atoms with Crippen molar-refractivity contribution in [1.29, 1.82) is 0 Å². The topological polar surface area (TPSA) is 29.1 Å². The van der Waals surface area contributed by atoms with Gasteiger partial charge < -0.3 is 10.1 Å². The summed E-state index contributed by atoms with van der Waals surface area (Å²) in [7, 11) is 0. The van der Waals surface area contributed by atoms with E-state index in [1.54, 1.807) is 0 Å². The molecule has 76 valence electrons. The molecule has 14 heavy (non-hydrogen) atoms. The molecule has 0 aliphatic rings. The van der Waals surface area contributed by atoms with E-state index in [0.717, 1.165) is 19.3 Å². The molecule has 2 nitrogen and oxygen atoms in total. The molecule has 0 radical (unpaired) electrons. The van der Waals surface area contributed by atoms with Crippen molar-refractivity contribution in [2.24, 2.45) is 0 Å². The molecule has 0 saturated carbocycles. The number of hydrogen-bond donors (Lipinski definition) is 1. The van der Waals surface area contributed by atoms with Crippen LogP contribution in [0.2, 0.25) is 0 Å². The van der Waals surface area contributed by atoms with Crippen molar-refractivity contribution >= 4 is 6.29 Å². The predicted octanol–water partition coefficient (Wildman–Crippen LogP) is 1.80. The standard InChI is InChI=1S/C12H17NO/c1-11(8-10-14)13-9-7-12-5-3-2-4-6-12/h2-6,10-11,13H,7-9H2,1H3. The summed E-state index contributed by atoms with van der Waals surface area (Å²) < 4.78 is 0. The first kappa shape index (κ1) is 10.9. The molecular weight excluding hydrogens is 174 g/mol. The monoisotopic (exact) mass is 191 g/mol. The van der Waals surface area contributed by atoms with Crippen molar-refractivity contribution in [3.05, 3.63) is 35.9 Å². The number of aldehydes is 1. The van der Waals surface area contributed by atoms with Crippen LogP contribution in [0, 0.1) is 0 Å². The number of hydrogen-bond acceptors (Lipinski definition) is 2. The highest BCUT2D eigenvalue weighted by Crippen LogP contribution is 1.98. The maximum absolute atomic E-state index is 10.2. The first-order valence-electron chi connectivity index (χ1n) is 5.04. The molecule has 1 aromatic carbocycles. The SMILES string of the molecule is CC(CC=O)NCCc1ccccc1. The highest BCUT2D eigenvalue weighted by atomic mass is 16.1. The van der Waals surface area contributed by atoms with Gasteiger partial charge in [-0.15, -0.1) is 0 Å². The van der Waals surface area contributed by atoms with Gasteiger partial charge >= 0.3 is 0 Å². The molecule has 1 atom stereocenters. The van der Waals surface area contributed by atoms with Crippen LogP contribution in [0.4, 0.5) is 0 Å². The summed E-state index contributed by atoms with van der Waals surface area (Å²) in [6.07, 6.45) is 2.57. The van der Waals surface area contributed by atoms with Gasteiger partial charge in [-0.25, -0.2) is 0 Å². The minimum atomic E-state index is 0.288. The second-order valence-corrected chi connectivity index (χ2v) is 3.49. The molecule has 1 rings (SSSR count). The van der Waals surface area contributed by atoms with Gasteiger partial charge in [0, 0.05) is 12.5 Å². The van der Waals surface area contributed by atoms with Crippen molar-refractivity contribution < 1.29 is 4.79 Å². The molecule has 0 bridgehead atoms. The number of carbonyl (C=O) groups is 1. The Labute approximate surface area is 85.3 Å². The quantitative estimate of drug-likeness (QED) is 0.695. The lowest BCUT2D eigenvalue weighted by Crippen LogP contribution is -2.28. The van der Waals surface area contributed by atoms with Gasteiger partial charge in [-0.3, -0.25) is 0 Å². The summed E-state index contributed by atoms with van der Waals surface area (Å²) >= 11 is 0. The number of carbonyl (C=O) groups excluding carboxylic acids is 1. The van der Waals surface area contributed by atoms with Crippen molar-refractivity contribution in [2.75, 3.05) is 6.54 Å². The molecule has 0 fully saturated rings. The highest BCUT2D eigenvalue weighted by molar-refractivity contribution is 5.50. The Bertz CT molecular complexity index is 258. The fraction of sp³-hybridized carbons (Fsp3) is 0.417. The third-order valence-electron chi connectivity index (χ3n) is 2.20. The fourth-order valence-electron chi connectivity index (χ4n) is 1.34. The van der Waals surface area contributed by atoms with E-state index in [9.17, 15) is 4.79 Å². The first-order chi connectivity index (χ1) is 6.83. The molecule has 2 heteroatoms. The summed E-state index contributed by atoms with van der Waals surface area (Å²) in [6.45, 7) is 2.96. The molecule has 0 saturated heterocycles. The summed E-state index contributed by atoms with van der Waals surface area (Å²) in [4.78, 5) is 10.2. The van der Waals surface area contributed by atoms with E-state index >= 15 is 0 Å². The van der Waals surface area contributed by atoms with Crippen LogP contribution in [0.1, 0.15) is 18.9 Å². The molecule has 0 aromatic heterocycles. The normalized spacial score (nSPS) is 12.4. The zero-order valence-electron chi connectivity index (χ0n) is 8.57. The van der Waals surface area contributed by atoms with Crippen LogP contribution >= 0.6 is 0 Å². The van der Waals surface area contributed by atoms with Crippen LogP contribution in [0.5, 0.6) is 0 Å². The number of nitrogens with one attached hydrogen (secondary N) is 1. The van der Waals surface area contributed by atoms with E-state index in [1.807, 2.05) is 25.1 Å². The van der Waals surface area contributed by atoms with Gasteiger partial charge in [0.1, 0.15) is 6.29 Å². The van der Waals surface area contributed by atoms with E-state index in [1.165, 1.54) is 5.56 Å². The van der Waals surface area contributed by atoms with Gasteiger partial charge in [-0.05, 0) is 25.5 Å². The molecule has 1 unspecified atom stereocenters. The zero-order valence-corrected chi connectivity index (χ0v) is 8.57. The van der Waals surface area contributed by atoms with Crippen molar-refractivity contribution in [3.63, 3.8) is 0 Å². The predicted molar refractivity (Wildman–Crippen MR) is 58.3 cm³/mol. The van der Waals surface area contributed by atoms with Crippen molar-refractivity contribution in [2.45, 2.75) is 25.8 Å². The number of benzene rings is 1. The second kappa shape index (κ2) is 6.33. The summed E-state index contributed by atoms with van der Waals surface area (Å²) in [5, 5.41) is 3.30. The average Bonchev–Trinajstić information content (AvgIpc) is 2.20. The summed E-state index contributed by atoms with van der Waals surface area (Å²) in [5.74, 6) is 0. The molecule has 1 aromatic rings. The molecule has 0 aliphatic carbocycles. The van der Waals surface area contributed by atoms with Crippen LogP contribution in [0.3, 0.4) is 0 Å². The summed E-state index contributed by atoms with van der Waals surface area (Å²) in [5.41, 5.74) is 1.33. The van der Waals surface area contributed by atoms with E-state index in [4.69, 9.17) is 0 Å². The van der Waals surface area contributed by atoms with E-state index in [0.29, 0.717) is 6.42 Å². The highest BCUT2D eigenvalue weighted by Gasteiger charge is 1.98. The van der Waals surface area contributed by atoms with Gasteiger partial charge in [0.2, 0.25) is 0 Å². The van der Waals surface area contributed by atoms with Gasteiger partial charge in [0.25, 0.3) is 0 Å². The van der Waals surface area contributed by atoms with Gasteiger partial charge in [-0.2, -0.15) is 0 Å².